The van der Waals surface area contributed by atoms with E-state index in [1.54, 1.807) is 20.9 Å². The summed E-state index contributed by atoms with van der Waals surface area (Å²) in [7, 11) is -1.79. The lowest BCUT2D eigenvalue weighted by molar-refractivity contribution is -0.0640. The number of nitrogens with one attached hydrogen (secondary N) is 1. The second-order valence-electron chi connectivity index (χ2n) is 6.00. The van der Waals surface area contributed by atoms with Crippen LogP contribution in [0.15, 0.2) is 9.31 Å². The van der Waals surface area contributed by atoms with Crippen molar-refractivity contribution in [3.8, 4) is 0 Å². The van der Waals surface area contributed by atoms with Crippen molar-refractivity contribution < 1.29 is 17.6 Å². The fourth-order valence-electron chi connectivity index (χ4n) is 2.74. The molecule has 0 atom stereocenters. The second kappa shape index (κ2) is 5.72. The first-order valence-corrected chi connectivity index (χ1v) is 8.50. The Bertz CT molecular complexity index is 619. The number of furan rings is 1. The fourth-order valence-corrected chi connectivity index (χ4v) is 4.72. The van der Waals surface area contributed by atoms with Crippen LogP contribution in [0.4, 0.5) is 0 Å². The molecule has 1 aliphatic heterocycles. The van der Waals surface area contributed by atoms with Crippen molar-refractivity contribution in [2.75, 3.05) is 26.7 Å². The van der Waals surface area contributed by atoms with Crippen LogP contribution in [-0.4, -0.2) is 45.1 Å². The minimum atomic E-state index is -3.58. The minimum absolute atomic E-state index is 0.298. The number of rotatable bonds is 4. The largest absolute Gasteiger partial charge is 0.465 e. The van der Waals surface area contributed by atoms with E-state index in [4.69, 9.17) is 9.15 Å². The predicted molar refractivity (Wildman–Crippen MR) is 79.7 cm³/mol. The highest BCUT2D eigenvalue weighted by molar-refractivity contribution is 7.89. The van der Waals surface area contributed by atoms with E-state index >= 15 is 0 Å². The van der Waals surface area contributed by atoms with Crippen molar-refractivity contribution >= 4 is 10.0 Å². The van der Waals surface area contributed by atoms with Gasteiger partial charge in [0.1, 0.15) is 16.4 Å². The van der Waals surface area contributed by atoms with E-state index in [-0.39, 0.29) is 0 Å². The smallest absolute Gasteiger partial charge is 0.247 e. The molecule has 2 rings (SSSR count). The summed E-state index contributed by atoms with van der Waals surface area (Å²) in [5.41, 5.74) is 0.237. The first-order valence-electron chi connectivity index (χ1n) is 7.06. The van der Waals surface area contributed by atoms with Gasteiger partial charge in [0.05, 0.1) is 12.2 Å². The Hall–Kier alpha value is -0.890. The molecule has 6 nitrogen and oxygen atoms in total. The molecule has 0 saturated carbocycles. The minimum Gasteiger partial charge on any atom is -0.465 e. The van der Waals surface area contributed by atoms with E-state index in [0.29, 0.717) is 48.2 Å². The summed E-state index contributed by atoms with van der Waals surface area (Å²) < 4.78 is 38.6. The van der Waals surface area contributed by atoms with Crippen molar-refractivity contribution in [1.82, 2.24) is 9.62 Å². The standard InChI is InChI=1S/C14H24N2O4S/c1-10-12(8-15-5)13(11(2)20-10)21(17,18)16-6-7-19-14(3,4)9-16/h15H,6-9H2,1-5H3. The van der Waals surface area contributed by atoms with Gasteiger partial charge in [0.15, 0.2) is 0 Å². The number of nitrogens with zero attached hydrogens (tertiary/aromatic N) is 1. The Morgan fingerprint density at radius 3 is 2.52 bits per heavy atom. The van der Waals surface area contributed by atoms with Crippen LogP contribution in [0.2, 0.25) is 0 Å². The van der Waals surface area contributed by atoms with Gasteiger partial charge in [-0.25, -0.2) is 8.42 Å². The molecule has 0 radical (unpaired) electrons. The summed E-state index contributed by atoms with van der Waals surface area (Å²) in [6.45, 7) is 8.88. The topological polar surface area (TPSA) is 71.8 Å². The summed E-state index contributed by atoms with van der Waals surface area (Å²) in [6, 6.07) is 0. The van der Waals surface area contributed by atoms with Crippen LogP contribution in [0.25, 0.3) is 0 Å². The van der Waals surface area contributed by atoms with Crippen LogP contribution in [0.1, 0.15) is 30.9 Å². The molecule has 0 spiro atoms. The summed E-state index contributed by atoms with van der Waals surface area (Å²) in [6.07, 6.45) is 0. The average Bonchev–Trinajstić information content (AvgIpc) is 2.64. The quantitative estimate of drug-likeness (QED) is 0.909. The summed E-state index contributed by atoms with van der Waals surface area (Å²) in [5, 5.41) is 3.00. The lowest BCUT2D eigenvalue weighted by atomic mass is 10.1. The Morgan fingerprint density at radius 1 is 1.29 bits per heavy atom. The van der Waals surface area contributed by atoms with Gasteiger partial charge < -0.3 is 14.5 Å². The second-order valence-corrected chi connectivity index (χ2v) is 7.87. The SMILES string of the molecule is CNCc1c(C)oc(C)c1S(=O)(=O)N1CCOC(C)(C)C1. The molecule has 1 N–H and O–H groups in total. The highest BCUT2D eigenvalue weighted by Crippen LogP contribution is 2.31. The molecule has 0 aliphatic carbocycles. The average molecular weight is 316 g/mol. The Kier molecular flexibility index (Phi) is 4.49. The van der Waals surface area contributed by atoms with Crippen molar-refractivity contribution in [2.45, 2.75) is 44.7 Å². The molecule has 0 bridgehead atoms. The van der Waals surface area contributed by atoms with Crippen molar-refractivity contribution in [3.63, 3.8) is 0 Å². The molecule has 1 aliphatic rings. The summed E-state index contributed by atoms with van der Waals surface area (Å²) in [4.78, 5) is 0.298. The molecule has 1 aromatic rings. The molecule has 1 aromatic heterocycles. The molecule has 0 unspecified atom stereocenters. The van der Waals surface area contributed by atoms with Gasteiger partial charge in [-0.2, -0.15) is 4.31 Å². The van der Waals surface area contributed by atoms with Crippen LogP contribution in [-0.2, 0) is 21.3 Å². The maximum atomic E-state index is 13.0. The van der Waals surface area contributed by atoms with Gasteiger partial charge in [-0.1, -0.05) is 0 Å². The molecule has 1 saturated heterocycles. The monoisotopic (exact) mass is 316 g/mol. The summed E-state index contributed by atoms with van der Waals surface area (Å²) >= 11 is 0. The zero-order valence-electron chi connectivity index (χ0n) is 13.3. The van der Waals surface area contributed by atoms with Gasteiger partial charge >= 0.3 is 0 Å². The van der Waals surface area contributed by atoms with Gasteiger partial charge in [-0.05, 0) is 34.7 Å². The number of hydrogen-bond acceptors (Lipinski definition) is 5. The number of aryl methyl sites for hydroxylation is 2. The molecular weight excluding hydrogens is 292 g/mol. The maximum absolute atomic E-state index is 13.0. The third-order valence-electron chi connectivity index (χ3n) is 3.67. The van der Waals surface area contributed by atoms with E-state index in [2.05, 4.69) is 5.32 Å². The van der Waals surface area contributed by atoms with Gasteiger partial charge in [0.2, 0.25) is 10.0 Å². The Balaban J connectivity index is 2.44. The van der Waals surface area contributed by atoms with Crippen LogP contribution in [0, 0.1) is 13.8 Å². The van der Waals surface area contributed by atoms with Crippen LogP contribution in [0.5, 0.6) is 0 Å². The molecule has 1 fully saturated rings. The Morgan fingerprint density at radius 2 is 1.95 bits per heavy atom. The van der Waals surface area contributed by atoms with Gasteiger partial charge in [-0.15, -0.1) is 0 Å². The highest BCUT2D eigenvalue weighted by atomic mass is 32.2. The number of morpholine rings is 1. The molecule has 0 amide bonds. The predicted octanol–water partition coefficient (Wildman–Crippen LogP) is 1.42. The lowest BCUT2D eigenvalue weighted by Gasteiger charge is -2.37. The van der Waals surface area contributed by atoms with Crippen molar-refractivity contribution in [2.24, 2.45) is 0 Å². The van der Waals surface area contributed by atoms with Gasteiger partial charge in [0, 0.05) is 25.2 Å². The first kappa shape index (κ1) is 16.5. The summed E-state index contributed by atoms with van der Waals surface area (Å²) in [5.74, 6) is 1.09. The Labute approximate surface area is 126 Å². The molecule has 7 heteroatoms. The van der Waals surface area contributed by atoms with E-state index < -0.39 is 15.6 Å². The van der Waals surface area contributed by atoms with Crippen LogP contribution in [0.3, 0.4) is 0 Å². The van der Waals surface area contributed by atoms with E-state index in [1.807, 2.05) is 13.8 Å². The fraction of sp³-hybridized carbons (Fsp3) is 0.714. The lowest BCUT2D eigenvalue weighted by Crippen LogP contribution is -2.50. The molecule has 2 heterocycles. The van der Waals surface area contributed by atoms with E-state index in [0.717, 1.165) is 0 Å². The third kappa shape index (κ3) is 3.15. The normalized spacial score (nSPS) is 19.9. The van der Waals surface area contributed by atoms with Crippen LogP contribution < -0.4 is 5.32 Å². The molecule has 120 valence electrons. The first-order chi connectivity index (χ1) is 9.69. The van der Waals surface area contributed by atoms with Gasteiger partial charge in [0.25, 0.3) is 0 Å². The molecule has 0 aromatic carbocycles. The van der Waals surface area contributed by atoms with Crippen LogP contribution >= 0.6 is 0 Å². The zero-order valence-corrected chi connectivity index (χ0v) is 14.1. The zero-order chi connectivity index (χ0) is 15.8. The third-order valence-corrected chi connectivity index (χ3v) is 5.71. The van der Waals surface area contributed by atoms with Gasteiger partial charge in [-0.3, -0.25) is 0 Å². The number of ether oxygens (including phenoxy) is 1. The molecule has 21 heavy (non-hydrogen) atoms. The molecular formula is C14H24N2O4S. The highest BCUT2D eigenvalue weighted by Gasteiger charge is 2.38. The van der Waals surface area contributed by atoms with Crippen molar-refractivity contribution in [3.05, 3.63) is 17.1 Å². The van der Waals surface area contributed by atoms with E-state index in [9.17, 15) is 8.42 Å². The van der Waals surface area contributed by atoms with Crippen molar-refractivity contribution in [1.29, 1.82) is 0 Å². The maximum Gasteiger partial charge on any atom is 0.247 e. The number of sulfonamides is 1. The number of hydrogen-bond donors (Lipinski definition) is 1. The van der Waals surface area contributed by atoms with E-state index in [1.165, 1.54) is 4.31 Å².